The molecule has 0 radical (unpaired) electrons. The molecule has 3 rings (SSSR count). The van der Waals surface area contributed by atoms with Crippen LogP contribution in [0.25, 0.3) is 11.1 Å². The summed E-state index contributed by atoms with van der Waals surface area (Å²) in [6.45, 7) is 9.11. The third-order valence-corrected chi connectivity index (χ3v) is 6.01. The van der Waals surface area contributed by atoms with Crippen LogP contribution in [0.5, 0.6) is 0 Å². The van der Waals surface area contributed by atoms with Crippen molar-refractivity contribution < 1.29 is 0 Å². The zero-order chi connectivity index (χ0) is 19.9. The lowest BCUT2D eigenvalue weighted by Gasteiger charge is -2.22. The van der Waals surface area contributed by atoms with Crippen molar-refractivity contribution in [3.8, 4) is 11.1 Å². The summed E-state index contributed by atoms with van der Waals surface area (Å²) in [6, 6.07) is 18.0. The van der Waals surface area contributed by atoms with Crippen LogP contribution in [0.2, 0.25) is 0 Å². The maximum Gasteiger partial charge on any atom is 0.00185 e. The molecule has 0 heteroatoms. The van der Waals surface area contributed by atoms with Gasteiger partial charge in [-0.2, -0.15) is 0 Å². The topological polar surface area (TPSA) is 0 Å². The first kappa shape index (κ1) is 20.6. The van der Waals surface area contributed by atoms with E-state index in [1.165, 1.54) is 47.9 Å². The van der Waals surface area contributed by atoms with Gasteiger partial charge in [0.1, 0.15) is 0 Å². The molecule has 1 aliphatic rings. The molecular weight excluding hydrogens is 336 g/mol. The van der Waals surface area contributed by atoms with Crippen molar-refractivity contribution in [2.45, 2.75) is 59.3 Å². The van der Waals surface area contributed by atoms with Crippen LogP contribution < -0.4 is 0 Å². The standard InChI is InChI=1S/C28H36/c1-21(2)5-6-22(3)7-10-24-11-15-26(16-12-24)28-19-17-27(18-20-28)25-13-8-23(4)9-14-25/h7-11,13-15,17-22,24,26H,5-6,12,16H2,1-4H3/b10-7+. The van der Waals surface area contributed by atoms with E-state index in [2.05, 4.69) is 101 Å². The molecule has 0 bridgehead atoms. The highest BCUT2D eigenvalue weighted by Crippen LogP contribution is 2.32. The fraction of sp³-hybridized carbons (Fsp3) is 0.429. The van der Waals surface area contributed by atoms with Gasteiger partial charge in [0.15, 0.2) is 0 Å². The monoisotopic (exact) mass is 372 g/mol. The van der Waals surface area contributed by atoms with Gasteiger partial charge in [-0.15, -0.1) is 0 Å². The molecule has 0 spiro atoms. The molecule has 0 saturated carbocycles. The Labute approximate surface area is 172 Å². The van der Waals surface area contributed by atoms with E-state index in [1.54, 1.807) is 0 Å². The van der Waals surface area contributed by atoms with Gasteiger partial charge >= 0.3 is 0 Å². The van der Waals surface area contributed by atoms with E-state index in [0.29, 0.717) is 17.8 Å². The Balaban J connectivity index is 1.56. The minimum absolute atomic E-state index is 0.565. The van der Waals surface area contributed by atoms with Crippen molar-refractivity contribution in [2.75, 3.05) is 0 Å². The third kappa shape index (κ3) is 5.96. The number of benzene rings is 2. The minimum Gasteiger partial charge on any atom is -0.0851 e. The lowest BCUT2D eigenvalue weighted by atomic mass is 9.83. The molecule has 3 atom stereocenters. The Morgan fingerprint density at radius 1 is 0.821 bits per heavy atom. The van der Waals surface area contributed by atoms with E-state index in [4.69, 9.17) is 0 Å². The Bertz CT molecular complexity index is 774. The van der Waals surface area contributed by atoms with Crippen LogP contribution in [0.1, 0.15) is 63.5 Å². The van der Waals surface area contributed by atoms with Gasteiger partial charge in [0, 0.05) is 5.92 Å². The van der Waals surface area contributed by atoms with Crippen LogP contribution >= 0.6 is 0 Å². The molecule has 0 amide bonds. The number of aryl methyl sites for hydroxylation is 1. The molecule has 0 fully saturated rings. The molecule has 0 aliphatic heterocycles. The van der Waals surface area contributed by atoms with Crippen LogP contribution in [0, 0.1) is 24.7 Å². The van der Waals surface area contributed by atoms with Crippen LogP contribution in [0.3, 0.4) is 0 Å². The first-order valence-electron chi connectivity index (χ1n) is 11.0. The Kier molecular flexibility index (Phi) is 7.31. The average molecular weight is 373 g/mol. The highest BCUT2D eigenvalue weighted by molar-refractivity contribution is 5.64. The molecule has 28 heavy (non-hydrogen) atoms. The van der Waals surface area contributed by atoms with Gasteiger partial charge in [-0.1, -0.05) is 106 Å². The fourth-order valence-corrected chi connectivity index (χ4v) is 3.97. The van der Waals surface area contributed by atoms with Crippen molar-refractivity contribution in [1.29, 1.82) is 0 Å². The molecule has 0 heterocycles. The molecule has 148 valence electrons. The number of allylic oxidation sites excluding steroid dienone is 4. The zero-order valence-electron chi connectivity index (χ0n) is 18.1. The van der Waals surface area contributed by atoms with E-state index >= 15 is 0 Å². The molecule has 2 aromatic carbocycles. The van der Waals surface area contributed by atoms with E-state index in [9.17, 15) is 0 Å². The van der Waals surface area contributed by atoms with Gasteiger partial charge in [0.25, 0.3) is 0 Å². The summed E-state index contributed by atoms with van der Waals surface area (Å²) < 4.78 is 0. The average Bonchev–Trinajstić information content (AvgIpc) is 2.72. The van der Waals surface area contributed by atoms with Crippen LogP contribution in [-0.4, -0.2) is 0 Å². The molecule has 0 nitrogen and oxygen atoms in total. The first-order chi connectivity index (χ1) is 13.5. The summed E-state index contributed by atoms with van der Waals surface area (Å²) in [7, 11) is 0. The molecule has 0 aromatic heterocycles. The van der Waals surface area contributed by atoms with Gasteiger partial charge in [-0.25, -0.2) is 0 Å². The predicted octanol–water partition coefficient (Wildman–Crippen LogP) is 8.34. The lowest BCUT2D eigenvalue weighted by molar-refractivity contribution is 0.499. The first-order valence-corrected chi connectivity index (χ1v) is 11.0. The van der Waals surface area contributed by atoms with E-state index < -0.39 is 0 Å². The minimum atomic E-state index is 0.565. The molecule has 2 aromatic rings. The summed E-state index contributed by atoms with van der Waals surface area (Å²) in [5, 5.41) is 0. The smallest absolute Gasteiger partial charge is 0.00185 e. The molecule has 0 saturated heterocycles. The van der Waals surface area contributed by atoms with E-state index in [-0.39, 0.29) is 0 Å². The predicted molar refractivity (Wildman–Crippen MR) is 124 cm³/mol. The molecule has 1 aliphatic carbocycles. The largest absolute Gasteiger partial charge is 0.0851 e. The number of rotatable bonds is 7. The zero-order valence-corrected chi connectivity index (χ0v) is 18.1. The second kappa shape index (κ2) is 9.92. The SMILES string of the molecule is Cc1ccc(-c2ccc(C3C=CC(/C=C/C(C)CCC(C)C)CC3)cc2)cc1. The fourth-order valence-electron chi connectivity index (χ4n) is 3.97. The second-order valence-electron chi connectivity index (χ2n) is 9.05. The summed E-state index contributed by atoms with van der Waals surface area (Å²) in [4.78, 5) is 0. The van der Waals surface area contributed by atoms with Crippen LogP contribution in [-0.2, 0) is 0 Å². The van der Waals surface area contributed by atoms with Gasteiger partial charge in [0.05, 0.1) is 0 Å². The summed E-state index contributed by atoms with van der Waals surface area (Å²) in [6.07, 6.45) is 14.9. The van der Waals surface area contributed by atoms with Crippen LogP contribution in [0.15, 0.2) is 72.8 Å². The van der Waals surface area contributed by atoms with Crippen molar-refractivity contribution in [2.24, 2.45) is 17.8 Å². The molecular formula is C28H36. The molecule has 3 unspecified atom stereocenters. The third-order valence-electron chi connectivity index (χ3n) is 6.01. The molecule has 0 N–H and O–H groups in total. The van der Waals surface area contributed by atoms with Gasteiger partial charge in [-0.05, 0) is 60.6 Å². The van der Waals surface area contributed by atoms with Crippen molar-refractivity contribution in [1.82, 2.24) is 0 Å². The van der Waals surface area contributed by atoms with Gasteiger partial charge < -0.3 is 0 Å². The Morgan fingerprint density at radius 3 is 2.04 bits per heavy atom. The number of hydrogen-bond acceptors (Lipinski definition) is 0. The highest BCUT2D eigenvalue weighted by atomic mass is 14.2. The summed E-state index contributed by atoms with van der Waals surface area (Å²) >= 11 is 0. The van der Waals surface area contributed by atoms with E-state index in [0.717, 1.165) is 5.92 Å². The maximum absolute atomic E-state index is 2.44. The van der Waals surface area contributed by atoms with E-state index in [1.807, 2.05) is 0 Å². The quantitative estimate of drug-likeness (QED) is 0.428. The maximum atomic E-state index is 2.44. The van der Waals surface area contributed by atoms with Gasteiger partial charge in [-0.3, -0.25) is 0 Å². The lowest BCUT2D eigenvalue weighted by Crippen LogP contribution is -2.06. The van der Waals surface area contributed by atoms with Crippen molar-refractivity contribution in [3.05, 3.63) is 84.0 Å². The van der Waals surface area contributed by atoms with Crippen molar-refractivity contribution in [3.63, 3.8) is 0 Å². The second-order valence-corrected chi connectivity index (χ2v) is 9.05. The van der Waals surface area contributed by atoms with Crippen molar-refractivity contribution >= 4 is 0 Å². The Hall–Kier alpha value is -2.08. The normalized spacial score (nSPS) is 20.8. The van der Waals surface area contributed by atoms with Crippen LogP contribution in [0.4, 0.5) is 0 Å². The van der Waals surface area contributed by atoms with Gasteiger partial charge in [0.2, 0.25) is 0 Å². The summed E-state index contributed by atoms with van der Waals surface area (Å²) in [5.41, 5.74) is 5.36. The summed E-state index contributed by atoms with van der Waals surface area (Å²) in [5.74, 6) is 2.69. The highest BCUT2D eigenvalue weighted by Gasteiger charge is 2.16. The Morgan fingerprint density at radius 2 is 1.46 bits per heavy atom. The number of hydrogen-bond donors (Lipinski definition) is 0.